The Bertz CT molecular complexity index is 1030. The number of rotatable bonds is 7. The van der Waals surface area contributed by atoms with Gasteiger partial charge in [0, 0.05) is 6.07 Å². The molecule has 3 rings (SSSR count). The number of carbonyl (C=O) groups is 1. The number of halogens is 3. The fourth-order valence-electron chi connectivity index (χ4n) is 2.81. The maximum atomic E-state index is 12.3. The van der Waals surface area contributed by atoms with Crippen LogP contribution >= 0.6 is 0 Å². The summed E-state index contributed by atoms with van der Waals surface area (Å²) in [5.74, 6) is 0.0459. The molecule has 3 aromatic carbocycles. The predicted octanol–water partition coefficient (Wildman–Crippen LogP) is 5.68. The molecule has 0 heterocycles. The van der Waals surface area contributed by atoms with Gasteiger partial charge in [-0.25, -0.2) is 0 Å². The highest BCUT2D eigenvalue weighted by Crippen LogP contribution is 2.31. The third-order valence-electron chi connectivity index (χ3n) is 4.02. The van der Waals surface area contributed by atoms with E-state index in [2.05, 4.69) is 4.74 Å². The molecule has 0 bridgehead atoms. The van der Waals surface area contributed by atoms with Crippen molar-refractivity contribution in [1.82, 2.24) is 0 Å². The van der Waals surface area contributed by atoms with Gasteiger partial charge >= 0.3 is 12.3 Å². The topological polar surface area (TPSA) is 65.0 Å². The maximum absolute atomic E-state index is 12.3. The molecule has 0 spiro atoms. The van der Waals surface area contributed by atoms with Gasteiger partial charge in [-0.3, -0.25) is 4.79 Å². The van der Waals surface area contributed by atoms with E-state index in [0.29, 0.717) is 28.4 Å². The van der Waals surface area contributed by atoms with Crippen LogP contribution in [0.2, 0.25) is 0 Å². The van der Waals surface area contributed by atoms with Crippen LogP contribution in [-0.2, 0) is 11.2 Å². The van der Waals surface area contributed by atoms with Gasteiger partial charge in [0.1, 0.15) is 23.0 Å². The first kappa shape index (κ1) is 21.0. The molecule has 0 aromatic heterocycles. The lowest BCUT2D eigenvalue weighted by atomic mass is 10.1. The van der Waals surface area contributed by atoms with Crippen molar-refractivity contribution in [3.63, 3.8) is 0 Å². The van der Waals surface area contributed by atoms with E-state index < -0.39 is 12.3 Å². The average molecular weight is 418 g/mol. The van der Waals surface area contributed by atoms with E-state index in [1.54, 1.807) is 42.5 Å². The minimum absolute atomic E-state index is 0.181. The number of carboxylic acid groups (broad SMARTS) is 1. The molecule has 0 aliphatic rings. The average Bonchev–Trinajstić information content (AvgIpc) is 2.67. The Morgan fingerprint density at radius 1 is 0.867 bits per heavy atom. The van der Waals surface area contributed by atoms with Crippen LogP contribution in [0.15, 0.2) is 66.7 Å². The summed E-state index contributed by atoms with van der Waals surface area (Å²) >= 11 is 0. The van der Waals surface area contributed by atoms with Gasteiger partial charge in [-0.05, 0) is 53.1 Å². The number of benzene rings is 3. The molecule has 8 heteroatoms. The Labute approximate surface area is 170 Å². The number of alkyl halides is 3. The van der Waals surface area contributed by atoms with Gasteiger partial charge in [0.05, 0.1) is 13.5 Å². The molecule has 0 fully saturated rings. The lowest BCUT2D eigenvalue weighted by molar-refractivity contribution is -0.274. The smallest absolute Gasteiger partial charge is 0.497 e. The lowest BCUT2D eigenvalue weighted by Gasteiger charge is -2.12. The van der Waals surface area contributed by atoms with Crippen molar-refractivity contribution in [2.45, 2.75) is 12.8 Å². The molecule has 0 aliphatic carbocycles. The fraction of sp³-hybridized carbons (Fsp3) is 0.136. The zero-order chi connectivity index (χ0) is 21.7. The van der Waals surface area contributed by atoms with E-state index in [-0.39, 0.29) is 12.2 Å². The second-order valence-electron chi connectivity index (χ2n) is 6.29. The third-order valence-corrected chi connectivity index (χ3v) is 4.02. The highest BCUT2D eigenvalue weighted by atomic mass is 19.4. The van der Waals surface area contributed by atoms with Crippen molar-refractivity contribution in [2.24, 2.45) is 0 Å². The van der Waals surface area contributed by atoms with E-state index in [4.69, 9.17) is 14.6 Å². The van der Waals surface area contributed by atoms with Crippen LogP contribution in [-0.4, -0.2) is 24.5 Å². The predicted molar refractivity (Wildman–Crippen MR) is 103 cm³/mol. The van der Waals surface area contributed by atoms with E-state index in [9.17, 15) is 18.0 Å². The molecule has 1 N–H and O–H groups in total. The molecule has 0 saturated heterocycles. The highest BCUT2D eigenvalue weighted by molar-refractivity contribution is 5.71. The lowest BCUT2D eigenvalue weighted by Crippen LogP contribution is -2.16. The van der Waals surface area contributed by atoms with Crippen molar-refractivity contribution in [2.75, 3.05) is 7.11 Å². The molecular formula is C22H17F3O5. The van der Waals surface area contributed by atoms with Gasteiger partial charge in [-0.1, -0.05) is 24.3 Å². The number of ether oxygens (including phenoxy) is 3. The summed E-state index contributed by atoms with van der Waals surface area (Å²) in [5.41, 5.74) is 1.92. The maximum Gasteiger partial charge on any atom is 0.573 e. The molecule has 3 aromatic rings. The Hall–Kier alpha value is -3.68. The number of hydrogen-bond donors (Lipinski definition) is 1. The molecule has 5 nitrogen and oxygen atoms in total. The Morgan fingerprint density at radius 2 is 1.57 bits per heavy atom. The van der Waals surface area contributed by atoms with E-state index in [1.807, 2.05) is 0 Å². The standard InChI is InChI=1S/C22H17F3O5/c1-28-19-9-14(11-21(26)27)10-20(13-19)29-18-4-2-3-16(12-18)15-5-7-17(8-6-15)30-22(23,24)25/h2-10,12-13H,11H2,1H3,(H,26,27). The second-order valence-corrected chi connectivity index (χ2v) is 6.29. The van der Waals surface area contributed by atoms with Crippen molar-refractivity contribution in [3.05, 3.63) is 72.3 Å². The summed E-state index contributed by atoms with van der Waals surface area (Å²) < 4.78 is 51.8. The molecule has 156 valence electrons. The zero-order valence-corrected chi connectivity index (χ0v) is 15.8. The van der Waals surface area contributed by atoms with Gasteiger partial charge in [-0.15, -0.1) is 13.2 Å². The molecule has 30 heavy (non-hydrogen) atoms. The van der Waals surface area contributed by atoms with Gasteiger partial charge < -0.3 is 19.3 Å². The number of methoxy groups -OCH3 is 1. The minimum Gasteiger partial charge on any atom is -0.497 e. The quantitative estimate of drug-likeness (QED) is 0.535. The fourth-order valence-corrected chi connectivity index (χ4v) is 2.81. The molecular weight excluding hydrogens is 401 g/mol. The summed E-state index contributed by atoms with van der Waals surface area (Å²) in [6.45, 7) is 0. The van der Waals surface area contributed by atoms with Gasteiger partial charge in [-0.2, -0.15) is 0 Å². The van der Waals surface area contributed by atoms with Crippen LogP contribution in [0.5, 0.6) is 23.0 Å². The molecule has 0 amide bonds. The van der Waals surface area contributed by atoms with Crippen LogP contribution < -0.4 is 14.2 Å². The van der Waals surface area contributed by atoms with Gasteiger partial charge in [0.15, 0.2) is 0 Å². The van der Waals surface area contributed by atoms with E-state index in [0.717, 1.165) is 5.56 Å². The highest BCUT2D eigenvalue weighted by Gasteiger charge is 2.30. The second kappa shape index (κ2) is 8.77. The molecule has 0 saturated carbocycles. The number of hydrogen-bond acceptors (Lipinski definition) is 4. The first-order valence-electron chi connectivity index (χ1n) is 8.76. The first-order valence-corrected chi connectivity index (χ1v) is 8.76. The van der Waals surface area contributed by atoms with Crippen LogP contribution in [0.4, 0.5) is 13.2 Å². The zero-order valence-electron chi connectivity index (χ0n) is 15.8. The van der Waals surface area contributed by atoms with E-state index in [1.165, 1.54) is 31.4 Å². The van der Waals surface area contributed by atoms with Gasteiger partial charge in [0.2, 0.25) is 0 Å². The van der Waals surface area contributed by atoms with Crippen LogP contribution in [0.3, 0.4) is 0 Å². The molecule has 0 atom stereocenters. The van der Waals surface area contributed by atoms with Crippen LogP contribution in [0.1, 0.15) is 5.56 Å². The largest absolute Gasteiger partial charge is 0.573 e. The Balaban J connectivity index is 1.81. The first-order chi connectivity index (χ1) is 14.2. The SMILES string of the molecule is COc1cc(CC(=O)O)cc(Oc2cccc(-c3ccc(OC(F)(F)F)cc3)c2)c1. The number of carboxylic acids is 1. The van der Waals surface area contributed by atoms with Gasteiger partial charge in [0.25, 0.3) is 0 Å². The summed E-state index contributed by atoms with van der Waals surface area (Å²) in [7, 11) is 1.47. The number of aliphatic carboxylic acids is 1. The van der Waals surface area contributed by atoms with Crippen LogP contribution in [0.25, 0.3) is 11.1 Å². The van der Waals surface area contributed by atoms with Crippen molar-refractivity contribution in [3.8, 4) is 34.1 Å². The Morgan fingerprint density at radius 3 is 2.20 bits per heavy atom. The summed E-state index contributed by atoms with van der Waals surface area (Å²) in [5, 5.41) is 9.00. The van der Waals surface area contributed by atoms with Crippen molar-refractivity contribution in [1.29, 1.82) is 0 Å². The summed E-state index contributed by atoms with van der Waals surface area (Å²) in [6.07, 6.45) is -4.93. The molecule has 0 radical (unpaired) electrons. The van der Waals surface area contributed by atoms with Crippen molar-refractivity contribution < 1.29 is 37.3 Å². The Kier molecular flexibility index (Phi) is 6.15. The summed E-state index contributed by atoms with van der Waals surface area (Å²) in [6, 6.07) is 17.3. The normalized spacial score (nSPS) is 11.1. The minimum atomic E-state index is -4.74. The van der Waals surface area contributed by atoms with Crippen LogP contribution in [0, 0.1) is 0 Å². The molecule has 0 unspecified atom stereocenters. The monoisotopic (exact) mass is 418 g/mol. The molecule has 0 aliphatic heterocycles. The van der Waals surface area contributed by atoms with E-state index >= 15 is 0 Å². The third kappa shape index (κ3) is 5.91. The van der Waals surface area contributed by atoms with Crippen molar-refractivity contribution >= 4 is 5.97 Å². The summed E-state index contributed by atoms with van der Waals surface area (Å²) in [4.78, 5) is 11.0.